The standard InChI is InChI=1S/C18H24N2O3S/c1-5-23-17-12-15(3)18(13-14(17)2)24(21,22)20(4)11-8-16-6-9-19-10-7-16/h6-7,9-10,12-13H,5,8,11H2,1-4H3. The summed E-state index contributed by atoms with van der Waals surface area (Å²) < 4.78 is 32.7. The number of hydrogen-bond acceptors (Lipinski definition) is 4. The van der Waals surface area contributed by atoms with E-state index in [1.54, 1.807) is 38.5 Å². The quantitative estimate of drug-likeness (QED) is 0.772. The van der Waals surface area contributed by atoms with Crippen LogP contribution in [0.5, 0.6) is 5.75 Å². The average molecular weight is 348 g/mol. The molecule has 1 aromatic carbocycles. The highest BCUT2D eigenvalue weighted by Gasteiger charge is 2.23. The largest absolute Gasteiger partial charge is 0.494 e. The van der Waals surface area contributed by atoms with E-state index in [0.29, 0.717) is 30.0 Å². The fourth-order valence-corrected chi connectivity index (χ4v) is 3.94. The predicted octanol–water partition coefficient (Wildman–Crippen LogP) is 2.96. The van der Waals surface area contributed by atoms with Gasteiger partial charge < -0.3 is 4.74 Å². The second-order valence-corrected chi connectivity index (χ2v) is 7.76. The van der Waals surface area contributed by atoms with Gasteiger partial charge in [0.05, 0.1) is 11.5 Å². The molecule has 0 spiro atoms. The van der Waals surface area contributed by atoms with Gasteiger partial charge in [0, 0.05) is 26.0 Å². The summed E-state index contributed by atoms with van der Waals surface area (Å²) in [6, 6.07) is 7.28. The maximum Gasteiger partial charge on any atom is 0.243 e. The number of aryl methyl sites for hydroxylation is 2. The molecule has 130 valence electrons. The molecule has 5 nitrogen and oxygen atoms in total. The van der Waals surface area contributed by atoms with E-state index in [1.807, 2.05) is 26.0 Å². The molecule has 0 aliphatic rings. The molecule has 0 unspecified atom stereocenters. The molecular weight excluding hydrogens is 324 g/mol. The van der Waals surface area contributed by atoms with E-state index >= 15 is 0 Å². The molecule has 0 saturated carbocycles. The number of likely N-dealkylation sites (N-methyl/N-ethyl adjacent to an activating group) is 1. The van der Waals surface area contributed by atoms with Crippen LogP contribution in [0.3, 0.4) is 0 Å². The number of nitrogens with zero attached hydrogens (tertiary/aromatic N) is 2. The number of sulfonamides is 1. The van der Waals surface area contributed by atoms with Gasteiger partial charge in [-0.05, 0) is 68.1 Å². The maximum atomic E-state index is 12.9. The molecule has 0 saturated heterocycles. The van der Waals surface area contributed by atoms with Crippen LogP contribution in [0.1, 0.15) is 23.6 Å². The molecule has 0 fully saturated rings. The van der Waals surface area contributed by atoms with E-state index in [0.717, 1.165) is 16.9 Å². The number of hydrogen-bond donors (Lipinski definition) is 0. The minimum absolute atomic E-state index is 0.334. The topological polar surface area (TPSA) is 59.5 Å². The van der Waals surface area contributed by atoms with Crippen LogP contribution >= 0.6 is 0 Å². The van der Waals surface area contributed by atoms with E-state index in [1.165, 1.54) is 4.31 Å². The molecule has 0 N–H and O–H groups in total. The summed E-state index contributed by atoms with van der Waals surface area (Å²) in [4.78, 5) is 4.30. The minimum atomic E-state index is -3.53. The van der Waals surface area contributed by atoms with Crippen LogP contribution in [-0.2, 0) is 16.4 Å². The van der Waals surface area contributed by atoms with Crippen molar-refractivity contribution in [2.24, 2.45) is 0 Å². The lowest BCUT2D eigenvalue weighted by molar-refractivity contribution is 0.337. The van der Waals surface area contributed by atoms with Gasteiger partial charge in [0.2, 0.25) is 10.0 Å². The minimum Gasteiger partial charge on any atom is -0.494 e. The molecule has 0 aliphatic heterocycles. The van der Waals surface area contributed by atoms with Gasteiger partial charge in [0.15, 0.2) is 0 Å². The number of aromatic nitrogens is 1. The molecule has 0 atom stereocenters. The van der Waals surface area contributed by atoms with Crippen molar-refractivity contribution in [1.29, 1.82) is 0 Å². The maximum absolute atomic E-state index is 12.9. The zero-order valence-corrected chi connectivity index (χ0v) is 15.4. The van der Waals surface area contributed by atoms with Crippen molar-refractivity contribution in [2.75, 3.05) is 20.2 Å². The van der Waals surface area contributed by atoms with Gasteiger partial charge in [-0.25, -0.2) is 12.7 Å². The Kier molecular flexibility index (Phi) is 5.96. The zero-order chi connectivity index (χ0) is 17.7. The Labute approximate surface area is 144 Å². The third-order valence-electron chi connectivity index (χ3n) is 3.93. The van der Waals surface area contributed by atoms with Gasteiger partial charge in [-0.3, -0.25) is 4.98 Å². The average Bonchev–Trinajstić information content (AvgIpc) is 2.56. The van der Waals surface area contributed by atoms with Gasteiger partial charge in [0.1, 0.15) is 5.75 Å². The highest BCUT2D eigenvalue weighted by atomic mass is 32.2. The molecule has 2 rings (SSSR count). The fourth-order valence-electron chi connectivity index (χ4n) is 2.48. The van der Waals surface area contributed by atoms with E-state index < -0.39 is 10.0 Å². The van der Waals surface area contributed by atoms with Crippen LogP contribution in [-0.4, -0.2) is 37.9 Å². The molecule has 1 aromatic heterocycles. The Balaban J connectivity index is 2.21. The van der Waals surface area contributed by atoms with Gasteiger partial charge in [-0.2, -0.15) is 0 Å². The Bertz CT molecular complexity index is 789. The van der Waals surface area contributed by atoms with E-state index in [-0.39, 0.29) is 0 Å². The monoisotopic (exact) mass is 348 g/mol. The number of ether oxygens (including phenoxy) is 1. The summed E-state index contributed by atoms with van der Waals surface area (Å²) in [6.07, 6.45) is 4.07. The van der Waals surface area contributed by atoms with Crippen molar-refractivity contribution < 1.29 is 13.2 Å². The van der Waals surface area contributed by atoms with Crippen molar-refractivity contribution in [1.82, 2.24) is 9.29 Å². The van der Waals surface area contributed by atoms with Crippen molar-refractivity contribution in [3.8, 4) is 5.75 Å². The van der Waals surface area contributed by atoms with E-state index in [4.69, 9.17) is 4.74 Å². The van der Waals surface area contributed by atoms with E-state index in [9.17, 15) is 8.42 Å². The first-order valence-electron chi connectivity index (χ1n) is 7.95. The fraction of sp³-hybridized carbons (Fsp3) is 0.389. The molecule has 2 aromatic rings. The van der Waals surface area contributed by atoms with Crippen LogP contribution < -0.4 is 4.74 Å². The lowest BCUT2D eigenvalue weighted by Crippen LogP contribution is -2.29. The molecule has 0 radical (unpaired) electrons. The summed E-state index contributed by atoms with van der Waals surface area (Å²) in [7, 11) is -1.92. The first-order valence-corrected chi connectivity index (χ1v) is 9.39. The normalized spacial score (nSPS) is 11.7. The van der Waals surface area contributed by atoms with Crippen molar-refractivity contribution >= 4 is 10.0 Å². The second-order valence-electron chi connectivity index (χ2n) is 5.75. The predicted molar refractivity (Wildman–Crippen MR) is 94.8 cm³/mol. The Morgan fingerprint density at radius 2 is 1.79 bits per heavy atom. The molecule has 0 bridgehead atoms. The van der Waals surface area contributed by atoms with Gasteiger partial charge in [0.25, 0.3) is 0 Å². The molecule has 24 heavy (non-hydrogen) atoms. The summed E-state index contributed by atoms with van der Waals surface area (Å²) in [5, 5.41) is 0. The number of benzene rings is 1. The van der Waals surface area contributed by atoms with Crippen LogP contribution in [0.4, 0.5) is 0 Å². The first kappa shape index (κ1) is 18.4. The molecule has 1 heterocycles. The molecule has 0 aliphatic carbocycles. The highest BCUT2D eigenvalue weighted by molar-refractivity contribution is 7.89. The molecule has 6 heteroatoms. The van der Waals surface area contributed by atoms with Gasteiger partial charge in [-0.1, -0.05) is 0 Å². The van der Waals surface area contributed by atoms with Crippen molar-refractivity contribution in [2.45, 2.75) is 32.1 Å². The summed E-state index contributed by atoms with van der Waals surface area (Å²) in [5.74, 6) is 0.730. The lowest BCUT2D eigenvalue weighted by Gasteiger charge is -2.20. The first-order chi connectivity index (χ1) is 11.4. The van der Waals surface area contributed by atoms with Crippen LogP contribution in [0.15, 0.2) is 41.6 Å². The highest BCUT2D eigenvalue weighted by Crippen LogP contribution is 2.27. The summed E-state index contributed by atoms with van der Waals surface area (Å²) in [6.45, 7) is 6.54. The molecule has 0 amide bonds. The van der Waals surface area contributed by atoms with E-state index in [2.05, 4.69) is 4.98 Å². The SMILES string of the molecule is CCOc1cc(C)c(S(=O)(=O)N(C)CCc2ccncc2)cc1C. The summed E-state index contributed by atoms with van der Waals surface area (Å²) >= 11 is 0. The second kappa shape index (κ2) is 7.77. The molecular formula is C18H24N2O3S. The van der Waals surface area contributed by atoms with Gasteiger partial charge in [-0.15, -0.1) is 0 Å². The third kappa shape index (κ3) is 4.13. The lowest BCUT2D eigenvalue weighted by atomic mass is 10.1. The van der Waals surface area contributed by atoms with Crippen LogP contribution in [0.25, 0.3) is 0 Å². The Morgan fingerprint density at radius 3 is 2.42 bits per heavy atom. The number of rotatable bonds is 7. The Morgan fingerprint density at radius 1 is 1.12 bits per heavy atom. The van der Waals surface area contributed by atoms with Crippen LogP contribution in [0, 0.1) is 13.8 Å². The Hall–Kier alpha value is -1.92. The third-order valence-corrected chi connectivity index (χ3v) is 5.92. The van der Waals surface area contributed by atoms with Crippen molar-refractivity contribution in [3.05, 3.63) is 53.3 Å². The van der Waals surface area contributed by atoms with Crippen molar-refractivity contribution in [3.63, 3.8) is 0 Å². The van der Waals surface area contributed by atoms with Gasteiger partial charge >= 0.3 is 0 Å². The summed E-state index contributed by atoms with van der Waals surface area (Å²) in [5.41, 5.74) is 2.58. The number of pyridine rings is 1. The smallest absolute Gasteiger partial charge is 0.243 e. The van der Waals surface area contributed by atoms with Crippen LogP contribution in [0.2, 0.25) is 0 Å². The zero-order valence-electron chi connectivity index (χ0n) is 14.6.